The average molecular weight is 298 g/mol. The fourth-order valence-corrected chi connectivity index (χ4v) is 2.36. The highest BCUT2D eigenvalue weighted by atomic mass is 19.1. The molecule has 0 radical (unpaired) electrons. The summed E-state index contributed by atoms with van der Waals surface area (Å²) < 4.78 is 26.8. The minimum atomic E-state index is -0.767. The van der Waals surface area contributed by atoms with E-state index in [4.69, 9.17) is 0 Å². The van der Waals surface area contributed by atoms with Crippen LogP contribution in [-0.2, 0) is 4.79 Å². The Morgan fingerprint density at radius 2 is 1.90 bits per heavy atom. The molecule has 0 spiro atoms. The van der Waals surface area contributed by atoms with Crippen LogP contribution >= 0.6 is 0 Å². The molecular weight excluding hydrogens is 278 g/mol. The molecule has 0 bridgehead atoms. The van der Waals surface area contributed by atoms with Gasteiger partial charge in [0.15, 0.2) is 23.3 Å². The lowest BCUT2D eigenvalue weighted by Crippen LogP contribution is -2.36. The molecule has 1 aliphatic rings. The maximum absolute atomic E-state index is 13.6. The van der Waals surface area contributed by atoms with Gasteiger partial charge in [0.05, 0.1) is 0 Å². The third kappa shape index (κ3) is 4.03. The standard InChI is InChI=1S/C14H20F2N4O/c1-17-13-10(15)9-11(16)14(19-13)18-6-5-12(21)20-7-3-2-4-8-20/h9H,2-8H2,1H3,(H2,17,18,19). The van der Waals surface area contributed by atoms with Gasteiger partial charge in [-0.1, -0.05) is 0 Å². The fraction of sp³-hybridized carbons (Fsp3) is 0.571. The number of likely N-dealkylation sites (tertiary alicyclic amines) is 1. The molecule has 0 atom stereocenters. The van der Waals surface area contributed by atoms with Gasteiger partial charge in [0.2, 0.25) is 5.91 Å². The van der Waals surface area contributed by atoms with Crippen LogP contribution in [0.25, 0.3) is 0 Å². The predicted molar refractivity (Wildman–Crippen MR) is 77.2 cm³/mol. The summed E-state index contributed by atoms with van der Waals surface area (Å²) in [6.07, 6.45) is 3.52. The highest BCUT2D eigenvalue weighted by Gasteiger charge is 2.16. The van der Waals surface area contributed by atoms with Crippen LogP contribution < -0.4 is 10.6 Å². The number of hydrogen-bond acceptors (Lipinski definition) is 4. The van der Waals surface area contributed by atoms with Gasteiger partial charge < -0.3 is 15.5 Å². The van der Waals surface area contributed by atoms with E-state index in [1.807, 2.05) is 4.90 Å². The second kappa shape index (κ2) is 7.19. The number of carbonyl (C=O) groups excluding carboxylic acids is 1. The van der Waals surface area contributed by atoms with Gasteiger partial charge in [0.1, 0.15) is 0 Å². The third-order valence-corrected chi connectivity index (χ3v) is 3.51. The van der Waals surface area contributed by atoms with Crippen molar-refractivity contribution in [1.29, 1.82) is 0 Å². The summed E-state index contributed by atoms with van der Waals surface area (Å²) in [5, 5.41) is 5.29. The second-order valence-electron chi connectivity index (χ2n) is 5.02. The molecule has 1 saturated heterocycles. The van der Waals surface area contributed by atoms with E-state index in [0.717, 1.165) is 32.0 Å². The van der Waals surface area contributed by atoms with Gasteiger partial charge in [-0.25, -0.2) is 13.8 Å². The highest BCUT2D eigenvalue weighted by Crippen LogP contribution is 2.18. The van der Waals surface area contributed by atoms with Crippen LogP contribution in [0.5, 0.6) is 0 Å². The highest BCUT2D eigenvalue weighted by molar-refractivity contribution is 5.76. The number of nitrogens with zero attached hydrogens (tertiary/aromatic N) is 2. The van der Waals surface area contributed by atoms with Crippen molar-refractivity contribution in [1.82, 2.24) is 9.88 Å². The number of anilines is 2. The van der Waals surface area contributed by atoms with E-state index in [0.29, 0.717) is 0 Å². The molecule has 0 aromatic carbocycles. The Hall–Kier alpha value is -1.92. The Morgan fingerprint density at radius 3 is 2.57 bits per heavy atom. The first kappa shape index (κ1) is 15.5. The van der Waals surface area contributed by atoms with Crippen LogP contribution in [0.15, 0.2) is 6.07 Å². The smallest absolute Gasteiger partial charge is 0.224 e. The minimum absolute atomic E-state index is 0.0266. The van der Waals surface area contributed by atoms with E-state index >= 15 is 0 Å². The van der Waals surface area contributed by atoms with Gasteiger partial charge in [-0.05, 0) is 19.3 Å². The Labute approximate surface area is 122 Å². The normalized spacial score (nSPS) is 14.9. The van der Waals surface area contributed by atoms with Gasteiger partial charge in [0.25, 0.3) is 0 Å². The lowest BCUT2D eigenvalue weighted by atomic mass is 10.1. The Balaban J connectivity index is 1.86. The number of aromatic nitrogens is 1. The summed E-state index contributed by atoms with van der Waals surface area (Å²) in [5.41, 5.74) is 0. The summed E-state index contributed by atoms with van der Waals surface area (Å²) in [4.78, 5) is 17.6. The number of carbonyl (C=O) groups is 1. The van der Waals surface area contributed by atoms with E-state index in [2.05, 4.69) is 15.6 Å². The summed E-state index contributed by atoms with van der Waals surface area (Å²) in [6.45, 7) is 1.87. The van der Waals surface area contributed by atoms with Crippen molar-refractivity contribution in [2.75, 3.05) is 37.3 Å². The first-order valence-corrected chi connectivity index (χ1v) is 7.17. The molecule has 2 rings (SSSR count). The quantitative estimate of drug-likeness (QED) is 0.875. The molecule has 0 saturated carbocycles. The number of piperidine rings is 1. The van der Waals surface area contributed by atoms with E-state index in [-0.39, 0.29) is 30.5 Å². The molecule has 7 heteroatoms. The first-order chi connectivity index (χ1) is 10.1. The molecule has 1 aromatic rings. The first-order valence-electron chi connectivity index (χ1n) is 7.17. The Bertz CT molecular complexity index is 504. The summed E-state index contributed by atoms with van der Waals surface area (Å²) in [5.74, 6) is -1.53. The molecular formula is C14H20F2N4O. The number of nitrogens with one attached hydrogen (secondary N) is 2. The van der Waals surface area contributed by atoms with Crippen LogP contribution in [-0.4, -0.2) is 42.5 Å². The van der Waals surface area contributed by atoms with Crippen LogP contribution in [0.3, 0.4) is 0 Å². The molecule has 116 valence electrons. The molecule has 0 unspecified atom stereocenters. The number of halogens is 2. The SMILES string of the molecule is CNc1nc(NCCC(=O)N2CCCCC2)c(F)cc1F. The van der Waals surface area contributed by atoms with Gasteiger partial charge in [-0.2, -0.15) is 0 Å². The molecule has 1 amide bonds. The molecule has 2 N–H and O–H groups in total. The van der Waals surface area contributed by atoms with Gasteiger partial charge in [-0.15, -0.1) is 0 Å². The Kier molecular flexibility index (Phi) is 5.30. The van der Waals surface area contributed by atoms with Crippen LogP contribution in [0, 0.1) is 11.6 Å². The van der Waals surface area contributed by atoms with E-state index in [1.165, 1.54) is 13.5 Å². The summed E-state index contributed by atoms with van der Waals surface area (Å²) in [7, 11) is 1.51. The average Bonchev–Trinajstić information content (AvgIpc) is 2.50. The van der Waals surface area contributed by atoms with Crippen LogP contribution in [0.2, 0.25) is 0 Å². The minimum Gasteiger partial charge on any atom is -0.371 e. The van der Waals surface area contributed by atoms with Crippen molar-refractivity contribution in [2.45, 2.75) is 25.7 Å². The molecule has 1 aliphatic heterocycles. The summed E-state index contributed by atoms with van der Waals surface area (Å²) in [6, 6.07) is 0.771. The monoisotopic (exact) mass is 298 g/mol. The number of rotatable bonds is 5. The number of pyridine rings is 1. The van der Waals surface area contributed by atoms with Crippen LogP contribution in [0.4, 0.5) is 20.4 Å². The van der Waals surface area contributed by atoms with Gasteiger partial charge in [-0.3, -0.25) is 4.79 Å². The number of amides is 1. The van der Waals surface area contributed by atoms with Crippen molar-refractivity contribution in [3.05, 3.63) is 17.7 Å². The second-order valence-corrected chi connectivity index (χ2v) is 5.02. The molecule has 2 heterocycles. The Morgan fingerprint density at radius 1 is 1.24 bits per heavy atom. The molecule has 1 fully saturated rings. The summed E-state index contributed by atoms with van der Waals surface area (Å²) >= 11 is 0. The maximum atomic E-state index is 13.6. The molecule has 5 nitrogen and oxygen atoms in total. The molecule has 1 aromatic heterocycles. The topological polar surface area (TPSA) is 57.3 Å². The van der Waals surface area contributed by atoms with Crippen molar-refractivity contribution < 1.29 is 13.6 Å². The lowest BCUT2D eigenvalue weighted by Gasteiger charge is -2.26. The lowest BCUT2D eigenvalue weighted by molar-refractivity contribution is -0.131. The van der Waals surface area contributed by atoms with Crippen molar-refractivity contribution >= 4 is 17.5 Å². The van der Waals surface area contributed by atoms with E-state index in [1.54, 1.807) is 0 Å². The van der Waals surface area contributed by atoms with E-state index in [9.17, 15) is 13.6 Å². The molecule has 0 aliphatic carbocycles. The number of hydrogen-bond donors (Lipinski definition) is 2. The fourth-order valence-electron chi connectivity index (χ4n) is 2.36. The zero-order chi connectivity index (χ0) is 15.2. The van der Waals surface area contributed by atoms with Crippen molar-refractivity contribution in [3.63, 3.8) is 0 Å². The van der Waals surface area contributed by atoms with Gasteiger partial charge in [0, 0.05) is 39.2 Å². The largest absolute Gasteiger partial charge is 0.371 e. The van der Waals surface area contributed by atoms with Crippen molar-refractivity contribution in [3.8, 4) is 0 Å². The zero-order valence-electron chi connectivity index (χ0n) is 12.1. The zero-order valence-corrected chi connectivity index (χ0v) is 12.1. The van der Waals surface area contributed by atoms with E-state index < -0.39 is 11.6 Å². The van der Waals surface area contributed by atoms with Crippen LogP contribution in [0.1, 0.15) is 25.7 Å². The predicted octanol–water partition coefficient (Wildman–Crippen LogP) is 2.22. The molecule has 21 heavy (non-hydrogen) atoms. The van der Waals surface area contributed by atoms with Crippen molar-refractivity contribution in [2.24, 2.45) is 0 Å². The maximum Gasteiger partial charge on any atom is 0.224 e. The third-order valence-electron chi connectivity index (χ3n) is 3.51. The van der Waals surface area contributed by atoms with Gasteiger partial charge >= 0.3 is 0 Å².